The van der Waals surface area contributed by atoms with Gasteiger partial charge in [0, 0.05) is 10.6 Å². The highest BCUT2D eigenvalue weighted by atomic mass is 32.3. The lowest BCUT2D eigenvalue weighted by Gasteiger charge is -2.33. The average Bonchev–Trinajstić information content (AvgIpc) is 3.28. The second-order valence-electron chi connectivity index (χ2n) is 6.90. The van der Waals surface area contributed by atoms with Gasteiger partial charge in [0.1, 0.15) is 15.8 Å². The van der Waals surface area contributed by atoms with Gasteiger partial charge in [-0.3, -0.25) is 10.1 Å². The first-order valence-corrected chi connectivity index (χ1v) is 11.6. The number of thiazole rings is 1. The van der Waals surface area contributed by atoms with E-state index in [0.29, 0.717) is 10.1 Å². The van der Waals surface area contributed by atoms with E-state index in [2.05, 4.69) is 9.98 Å². The van der Waals surface area contributed by atoms with Gasteiger partial charge in [-0.1, -0.05) is 36.4 Å². The van der Waals surface area contributed by atoms with Crippen molar-refractivity contribution >= 4 is 53.6 Å². The van der Waals surface area contributed by atoms with Gasteiger partial charge in [0.15, 0.2) is 6.04 Å². The van der Waals surface area contributed by atoms with Crippen molar-refractivity contribution in [2.45, 2.75) is 10.9 Å². The molecule has 29 heavy (non-hydrogen) atoms. The smallest absolute Gasteiger partial charge is 0.329 e. The summed E-state index contributed by atoms with van der Waals surface area (Å²) in [5, 5.41) is 29.7. The number of aliphatic carboxylic acids is 1. The molecule has 4 aromatic rings. The molecule has 1 aliphatic heterocycles. The predicted octanol–water partition coefficient (Wildman–Crippen LogP) is 4.11. The number of nitrogens with two attached hydrogens (primary N) is 1. The van der Waals surface area contributed by atoms with Crippen LogP contribution in [0.3, 0.4) is 0 Å². The Balaban J connectivity index is 1.73. The molecule has 3 aromatic carbocycles. The van der Waals surface area contributed by atoms with E-state index in [0.717, 1.165) is 25.9 Å². The number of phenolic OH excluding ortho intramolecular Hbond substituents is 1. The minimum atomic E-state index is -2.20. The Kier molecular flexibility index (Phi) is 4.09. The van der Waals surface area contributed by atoms with E-state index >= 15 is 0 Å². The number of hydrogen-bond acceptors (Lipinski definition) is 6. The Morgan fingerprint density at radius 1 is 1.14 bits per heavy atom. The minimum Gasteiger partial charge on any atom is -0.508 e. The van der Waals surface area contributed by atoms with Gasteiger partial charge in [0.2, 0.25) is 0 Å². The van der Waals surface area contributed by atoms with Gasteiger partial charge in [-0.25, -0.2) is 9.78 Å². The lowest BCUT2D eigenvalue weighted by Crippen LogP contribution is -2.26. The number of carboxylic acids is 1. The molecule has 8 heteroatoms. The molecule has 0 radical (unpaired) electrons. The molecule has 6 nitrogen and oxygen atoms in total. The molecular weight excluding hydrogens is 406 g/mol. The van der Waals surface area contributed by atoms with Crippen LogP contribution in [0, 0.1) is 0 Å². The number of fused-ring (bicyclic) bond motifs is 2. The van der Waals surface area contributed by atoms with Crippen molar-refractivity contribution in [2.75, 3.05) is 5.75 Å². The van der Waals surface area contributed by atoms with Gasteiger partial charge < -0.3 is 10.2 Å². The van der Waals surface area contributed by atoms with E-state index in [1.807, 2.05) is 42.5 Å². The number of rotatable bonds is 3. The van der Waals surface area contributed by atoms with Crippen molar-refractivity contribution in [1.82, 2.24) is 4.98 Å². The predicted molar refractivity (Wildman–Crippen MR) is 118 cm³/mol. The van der Waals surface area contributed by atoms with Crippen molar-refractivity contribution in [3.63, 3.8) is 0 Å². The van der Waals surface area contributed by atoms with E-state index in [4.69, 9.17) is 5.14 Å². The summed E-state index contributed by atoms with van der Waals surface area (Å²) in [6.45, 7) is 0. The topological polar surface area (TPSA) is 109 Å². The number of aromatic nitrogens is 1. The summed E-state index contributed by atoms with van der Waals surface area (Å²) in [5.74, 6) is -0.585. The first kappa shape index (κ1) is 18.1. The Bertz CT molecular complexity index is 1310. The molecule has 1 unspecified atom stereocenters. The SMILES string of the molecule is NS1(c2cccc3ccccc23)C[C@H](C(=O)O)N=C1c1nc2ccc(O)cc2s1. The molecule has 0 amide bonds. The molecule has 0 bridgehead atoms. The zero-order valence-electron chi connectivity index (χ0n) is 15.1. The summed E-state index contributed by atoms with van der Waals surface area (Å²) in [7, 11) is -2.20. The number of benzene rings is 3. The summed E-state index contributed by atoms with van der Waals surface area (Å²) in [6.07, 6.45) is 0. The minimum absolute atomic E-state index is 0.157. The molecule has 0 spiro atoms. The van der Waals surface area contributed by atoms with E-state index in [-0.39, 0.29) is 11.5 Å². The molecule has 5 rings (SSSR count). The normalized spacial score (nSPS) is 23.8. The number of carbonyl (C=O) groups is 1. The molecule has 1 aromatic heterocycles. The number of phenols is 1. The highest BCUT2D eigenvalue weighted by Gasteiger charge is 2.42. The van der Waals surface area contributed by atoms with Crippen molar-refractivity contribution < 1.29 is 15.0 Å². The molecule has 146 valence electrons. The fourth-order valence-corrected chi connectivity index (χ4v) is 7.94. The van der Waals surface area contributed by atoms with Gasteiger partial charge in [-0.15, -0.1) is 21.6 Å². The van der Waals surface area contributed by atoms with E-state index in [1.54, 1.807) is 18.2 Å². The van der Waals surface area contributed by atoms with Crippen LogP contribution in [0.5, 0.6) is 5.75 Å². The van der Waals surface area contributed by atoms with Gasteiger partial charge in [0.25, 0.3) is 0 Å². The second kappa shape index (κ2) is 6.55. The Morgan fingerprint density at radius 2 is 1.93 bits per heavy atom. The van der Waals surface area contributed by atoms with Crippen LogP contribution in [0.15, 0.2) is 70.6 Å². The maximum absolute atomic E-state index is 11.8. The molecule has 0 saturated heterocycles. The summed E-state index contributed by atoms with van der Waals surface area (Å²) < 4.78 is 0.807. The molecule has 2 heterocycles. The Morgan fingerprint density at radius 3 is 2.76 bits per heavy atom. The second-order valence-corrected chi connectivity index (χ2v) is 10.7. The number of aliphatic imine (C=N–C) groups is 1. The fourth-order valence-electron chi connectivity index (χ4n) is 3.65. The van der Waals surface area contributed by atoms with Crippen molar-refractivity contribution in [3.05, 3.63) is 65.7 Å². The highest BCUT2D eigenvalue weighted by Crippen LogP contribution is 2.58. The van der Waals surface area contributed by atoms with Gasteiger partial charge in [-0.2, -0.15) is 0 Å². The Hall–Kier alpha value is -2.94. The van der Waals surface area contributed by atoms with Crippen molar-refractivity contribution in [1.29, 1.82) is 0 Å². The molecule has 0 aliphatic carbocycles. The molecule has 2 atom stereocenters. The summed E-state index contributed by atoms with van der Waals surface area (Å²) in [5.41, 5.74) is 0.726. The van der Waals surface area contributed by atoms with Crippen LogP contribution in [-0.4, -0.2) is 38.0 Å². The average molecular weight is 424 g/mol. The van der Waals surface area contributed by atoms with Crippen LogP contribution in [0.4, 0.5) is 0 Å². The van der Waals surface area contributed by atoms with Crippen LogP contribution in [0.1, 0.15) is 5.01 Å². The van der Waals surface area contributed by atoms with Crippen LogP contribution in [0.25, 0.3) is 21.0 Å². The molecule has 1 aliphatic rings. The standard InChI is InChI=1S/C21H17N3O3S2/c22-29(18-7-3-5-12-4-1-2-6-14(12)18)11-16(21(26)27)24-20(29)19-23-15-9-8-13(25)10-17(15)28-19/h1-10,16,25H,11,22H2,(H,26,27)/t16-/m1/s1. The van der Waals surface area contributed by atoms with Crippen LogP contribution in [0.2, 0.25) is 0 Å². The van der Waals surface area contributed by atoms with Gasteiger partial charge in [-0.05, 0) is 35.0 Å². The number of nitrogens with zero attached hydrogens (tertiary/aromatic N) is 2. The maximum atomic E-state index is 11.8. The summed E-state index contributed by atoms with van der Waals surface area (Å²) in [6, 6.07) is 17.9. The first-order chi connectivity index (χ1) is 14.0. The van der Waals surface area contributed by atoms with Crippen LogP contribution < -0.4 is 5.14 Å². The summed E-state index contributed by atoms with van der Waals surface area (Å²) >= 11 is 1.37. The molecule has 0 fully saturated rings. The number of aromatic hydroxyl groups is 1. The Labute approximate surface area is 171 Å². The molecule has 4 N–H and O–H groups in total. The molecular formula is C21H17N3O3S2. The third kappa shape index (κ3) is 2.88. The highest BCUT2D eigenvalue weighted by molar-refractivity contribution is 8.44. The third-order valence-corrected chi connectivity index (χ3v) is 9.15. The third-order valence-electron chi connectivity index (χ3n) is 5.02. The zero-order chi connectivity index (χ0) is 20.2. The largest absolute Gasteiger partial charge is 0.508 e. The van der Waals surface area contributed by atoms with Crippen LogP contribution >= 0.6 is 21.6 Å². The lowest BCUT2D eigenvalue weighted by atomic mass is 10.1. The first-order valence-electron chi connectivity index (χ1n) is 8.93. The van der Waals surface area contributed by atoms with E-state index in [9.17, 15) is 15.0 Å². The van der Waals surface area contributed by atoms with Crippen LogP contribution in [-0.2, 0) is 4.79 Å². The van der Waals surface area contributed by atoms with Gasteiger partial charge in [0.05, 0.1) is 10.2 Å². The lowest BCUT2D eigenvalue weighted by molar-refractivity contribution is -0.137. The number of hydrogen-bond donors (Lipinski definition) is 3. The van der Waals surface area contributed by atoms with E-state index < -0.39 is 22.2 Å². The maximum Gasteiger partial charge on any atom is 0.329 e. The zero-order valence-corrected chi connectivity index (χ0v) is 16.8. The summed E-state index contributed by atoms with van der Waals surface area (Å²) in [4.78, 5) is 21.9. The molecule has 0 saturated carbocycles. The van der Waals surface area contributed by atoms with Gasteiger partial charge >= 0.3 is 5.97 Å². The monoisotopic (exact) mass is 423 g/mol. The quantitative estimate of drug-likeness (QED) is 0.460. The van der Waals surface area contributed by atoms with E-state index in [1.165, 1.54) is 11.3 Å². The van der Waals surface area contributed by atoms with Crippen molar-refractivity contribution in [3.8, 4) is 5.75 Å². The number of carboxylic acid groups (broad SMARTS) is 1. The van der Waals surface area contributed by atoms with Crippen molar-refractivity contribution in [2.24, 2.45) is 10.1 Å². The fraction of sp³-hybridized carbons (Fsp3) is 0.0952.